The number of rotatable bonds is 6. The Morgan fingerprint density at radius 1 is 1.22 bits per heavy atom. The van der Waals surface area contributed by atoms with Crippen LogP contribution in [-0.2, 0) is 6.54 Å². The van der Waals surface area contributed by atoms with Crippen LogP contribution in [0.25, 0.3) is 10.9 Å². The van der Waals surface area contributed by atoms with Gasteiger partial charge in [-0.2, -0.15) is 0 Å². The van der Waals surface area contributed by atoms with Crippen LogP contribution in [0.3, 0.4) is 0 Å². The van der Waals surface area contributed by atoms with Crippen molar-refractivity contribution in [2.24, 2.45) is 0 Å². The SMILES string of the molecule is O=C(O)c1cn(CC(CO)c2cccc(S)c2)c2cc(N3CCNCC3)c(F)cc2c1=O. The van der Waals surface area contributed by atoms with Crippen LogP contribution in [0.5, 0.6) is 0 Å². The first-order valence-electron chi connectivity index (χ1n) is 10.3. The Morgan fingerprint density at radius 2 is 1.97 bits per heavy atom. The van der Waals surface area contributed by atoms with Gasteiger partial charge in [0.05, 0.1) is 17.8 Å². The van der Waals surface area contributed by atoms with Crippen LogP contribution in [0, 0.1) is 5.82 Å². The third-order valence-corrected chi connectivity index (χ3v) is 6.09. The number of aromatic carboxylic acids is 1. The molecular formula is C23H24FN3O4S. The molecule has 1 saturated heterocycles. The van der Waals surface area contributed by atoms with Crippen molar-refractivity contribution in [1.82, 2.24) is 9.88 Å². The highest BCUT2D eigenvalue weighted by molar-refractivity contribution is 7.80. The van der Waals surface area contributed by atoms with Gasteiger partial charge in [0.1, 0.15) is 11.4 Å². The number of anilines is 1. The molecule has 1 fully saturated rings. The maximum Gasteiger partial charge on any atom is 0.341 e. The van der Waals surface area contributed by atoms with Gasteiger partial charge in [0.15, 0.2) is 0 Å². The van der Waals surface area contributed by atoms with Gasteiger partial charge in [0, 0.05) is 55.1 Å². The van der Waals surface area contributed by atoms with Crippen molar-refractivity contribution in [3.05, 3.63) is 69.8 Å². The van der Waals surface area contributed by atoms with Crippen LogP contribution in [0.1, 0.15) is 21.8 Å². The lowest BCUT2D eigenvalue weighted by Crippen LogP contribution is -2.43. The number of hydrogen-bond acceptors (Lipinski definition) is 6. The molecular weight excluding hydrogens is 433 g/mol. The Morgan fingerprint density at radius 3 is 2.62 bits per heavy atom. The summed E-state index contributed by atoms with van der Waals surface area (Å²) in [7, 11) is 0. The number of benzene rings is 2. The second-order valence-electron chi connectivity index (χ2n) is 7.86. The zero-order valence-electron chi connectivity index (χ0n) is 17.3. The molecule has 1 aliphatic heterocycles. The number of carboxylic acids is 1. The molecule has 2 aromatic carbocycles. The smallest absolute Gasteiger partial charge is 0.341 e. The first kappa shape index (κ1) is 22.3. The Kier molecular flexibility index (Phi) is 6.50. The molecule has 4 rings (SSSR count). The van der Waals surface area contributed by atoms with Crippen molar-refractivity contribution in [3.8, 4) is 0 Å². The lowest BCUT2D eigenvalue weighted by molar-refractivity contribution is 0.0694. The summed E-state index contributed by atoms with van der Waals surface area (Å²) >= 11 is 4.35. The molecule has 0 amide bonds. The van der Waals surface area contributed by atoms with Crippen LogP contribution in [-0.4, -0.2) is 53.5 Å². The summed E-state index contributed by atoms with van der Waals surface area (Å²) in [4.78, 5) is 27.1. The Labute approximate surface area is 189 Å². The van der Waals surface area contributed by atoms with Gasteiger partial charge in [-0.1, -0.05) is 12.1 Å². The van der Waals surface area contributed by atoms with E-state index >= 15 is 0 Å². The van der Waals surface area contributed by atoms with Gasteiger partial charge >= 0.3 is 5.97 Å². The largest absolute Gasteiger partial charge is 0.477 e. The van der Waals surface area contributed by atoms with Crippen LogP contribution < -0.4 is 15.6 Å². The molecule has 0 spiro atoms. The standard InChI is InChI=1S/C23H24FN3O4S/c24-19-9-17-20(10-21(19)26-6-4-25-5-7-26)27(12-18(22(17)29)23(30)31)11-15(13-28)14-2-1-3-16(32)8-14/h1-3,8-10,12,15,25,28,32H,4-7,11,13H2,(H,30,31). The second kappa shape index (κ2) is 9.32. The van der Waals surface area contributed by atoms with Crippen molar-refractivity contribution in [1.29, 1.82) is 0 Å². The number of aromatic nitrogens is 1. The van der Waals surface area contributed by atoms with E-state index in [1.165, 1.54) is 6.20 Å². The number of halogens is 1. The number of carboxylic acid groups (broad SMARTS) is 1. The summed E-state index contributed by atoms with van der Waals surface area (Å²) in [5.74, 6) is -2.32. The molecule has 32 heavy (non-hydrogen) atoms. The number of aliphatic hydroxyl groups excluding tert-OH is 1. The summed E-state index contributed by atoms with van der Waals surface area (Å²) in [5, 5.41) is 22.8. The topological polar surface area (TPSA) is 94.8 Å². The molecule has 0 bridgehead atoms. The third-order valence-electron chi connectivity index (χ3n) is 5.82. The van der Waals surface area contributed by atoms with Crippen molar-refractivity contribution in [2.75, 3.05) is 37.7 Å². The molecule has 1 aromatic heterocycles. The van der Waals surface area contributed by atoms with Crippen LogP contribution in [0.4, 0.5) is 10.1 Å². The Hall–Kier alpha value is -2.88. The monoisotopic (exact) mass is 457 g/mol. The van der Waals surface area contributed by atoms with Gasteiger partial charge in [-0.25, -0.2) is 9.18 Å². The number of aliphatic hydroxyl groups is 1. The number of carbonyl (C=O) groups is 1. The van der Waals surface area contributed by atoms with Gasteiger partial charge in [-0.15, -0.1) is 12.6 Å². The van der Waals surface area contributed by atoms with Crippen molar-refractivity contribution in [2.45, 2.75) is 17.4 Å². The highest BCUT2D eigenvalue weighted by atomic mass is 32.1. The normalized spacial score (nSPS) is 15.2. The maximum absolute atomic E-state index is 15.0. The number of pyridine rings is 1. The van der Waals surface area contributed by atoms with E-state index in [4.69, 9.17) is 0 Å². The lowest BCUT2D eigenvalue weighted by atomic mass is 9.99. The van der Waals surface area contributed by atoms with Crippen molar-refractivity contribution in [3.63, 3.8) is 0 Å². The highest BCUT2D eigenvalue weighted by Gasteiger charge is 2.22. The molecule has 168 valence electrons. The first-order chi connectivity index (χ1) is 15.4. The third kappa shape index (κ3) is 4.36. The molecule has 1 unspecified atom stereocenters. The highest BCUT2D eigenvalue weighted by Crippen LogP contribution is 2.28. The van der Waals surface area contributed by atoms with Gasteiger partial charge in [0.2, 0.25) is 5.43 Å². The van der Waals surface area contributed by atoms with Gasteiger partial charge < -0.3 is 25.0 Å². The summed E-state index contributed by atoms with van der Waals surface area (Å²) in [5.41, 5.74) is 0.454. The minimum atomic E-state index is -1.38. The summed E-state index contributed by atoms with van der Waals surface area (Å²) in [6, 6.07) is 10.1. The lowest BCUT2D eigenvalue weighted by Gasteiger charge is -2.30. The predicted molar refractivity (Wildman–Crippen MR) is 124 cm³/mol. The molecule has 0 radical (unpaired) electrons. The van der Waals surface area contributed by atoms with E-state index in [1.54, 1.807) is 10.6 Å². The molecule has 9 heteroatoms. The summed E-state index contributed by atoms with van der Waals surface area (Å²) in [6.45, 7) is 2.68. The second-order valence-corrected chi connectivity index (χ2v) is 8.38. The number of piperazine rings is 1. The summed E-state index contributed by atoms with van der Waals surface area (Å²) in [6.07, 6.45) is 1.28. The van der Waals surface area contributed by atoms with Crippen molar-refractivity contribution < 1.29 is 19.4 Å². The zero-order valence-corrected chi connectivity index (χ0v) is 18.2. The molecule has 1 atom stereocenters. The number of nitrogens with zero attached hydrogens (tertiary/aromatic N) is 2. The minimum Gasteiger partial charge on any atom is -0.477 e. The number of hydrogen-bond donors (Lipinski definition) is 4. The quantitative estimate of drug-likeness (QED) is 0.425. The number of fused-ring (bicyclic) bond motifs is 1. The van der Waals surface area contributed by atoms with Crippen molar-refractivity contribution >= 4 is 35.2 Å². The molecule has 2 heterocycles. The molecule has 3 aromatic rings. The molecule has 0 saturated carbocycles. The fourth-order valence-electron chi connectivity index (χ4n) is 4.14. The average molecular weight is 458 g/mol. The Bertz CT molecular complexity index is 1220. The van der Waals surface area contributed by atoms with Gasteiger partial charge in [-0.05, 0) is 29.8 Å². The van der Waals surface area contributed by atoms with E-state index in [0.717, 1.165) is 29.6 Å². The maximum atomic E-state index is 15.0. The van der Waals surface area contributed by atoms with E-state index in [0.29, 0.717) is 24.3 Å². The van der Waals surface area contributed by atoms with Gasteiger partial charge in [0.25, 0.3) is 0 Å². The molecule has 1 aliphatic rings. The number of nitrogens with one attached hydrogen (secondary N) is 1. The van der Waals surface area contributed by atoms with E-state index in [1.807, 2.05) is 29.2 Å². The molecule has 7 nitrogen and oxygen atoms in total. The predicted octanol–water partition coefficient (Wildman–Crippen LogP) is 2.31. The molecule has 0 aliphatic carbocycles. The fraction of sp³-hybridized carbons (Fsp3) is 0.304. The van der Waals surface area contributed by atoms with E-state index in [9.17, 15) is 24.2 Å². The van der Waals surface area contributed by atoms with E-state index in [-0.39, 0.29) is 24.5 Å². The fourth-order valence-corrected chi connectivity index (χ4v) is 4.37. The first-order valence-corrected chi connectivity index (χ1v) is 10.8. The van der Waals surface area contributed by atoms with E-state index < -0.39 is 22.8 Å². The number of thiol groups is 1. The van der Waals surface area contributed by atoms with Crippen LogP contribution in [0.2, 0.25) is 0 Å². The van der Waals surface area contributed by atoms with Crippen LogP contribution in [0.15, 0.2) is 52.3 Å². The minimum absolute atomic E-state index is 0.000852. The zero-order chi connectivity index (χ0) is 22.8. The van der Waals surface area contributed by atoms with Crippen LogP contribution >= 0.6 is 12.6 Å². The summed E-state index contributed by atoms with van der Waals surface area (Å²) < 4.78 is 16.6. The van der Waals surface area contributed by atoms with Gasteiger partial charge in [-0.3, -0.25) is 4.79 Å². The average Bonchev–Trinajstić information content (AvgIpc) is 2.79. The Balaban J connectivity index is 1.87. The molecule has 3 N–H and O–H groups in total. The van der Waals surface area contributed by atoms with E-state index in [2.05, 4.69) is 17.9 Å².